The van der Waals surface area contributed by atoms with Gasteiger partial charge in [0.1, 0.15) is 0 Å². The first-order chi connectivity index (χ1) is 5.77. The van der Waals surface area contributed by atoms with Crippen molar-refractivity contribution >= 4 is 0 Å². The zero-order valence-corrected chi connectivity index (χ0v) is 8.97. The molecule has 1 radical (unpaired) electrons. The Morgan fingerprint density at radius 1 is 0.917 bits per heavy atom. The van der Waals surface area contributed by atoms with Crippen molar-refractivity contribution in [1.29, 1.82) is 0 Å². The third-order valence-corrected chi connectivity index (χ3v) is 2.05. The summed E-state index contributed by atoms with van der Waals surface area (Å²) in [4.78, 5) is 2.14. The van der Waals surface area contributed by atoms with Crippen LogP contribution in [0.4, 0.5) is 0 Å². The van der Waals surface area contributed by atoms with Crippen LogP contribution in [0.3, 0.4) is 0 Å². The van der Waals surface area contributed by atoms with Crippen molar-refractivity contribution in [3.05, 3.63) is 6.54 Å². The summed E-state index contributed by atoms with van der Waals surface area (Å²) in [6.45, 7) is 4.53. The van der Waals surface area contributed by atoms with Gasteiger partial charge in [-0.1, -0.05) is 45.4 Å². The molecular weight excluding hydrogens is 146 g/mol. The summed E-state index contributed by atoms with van der Waals surface area (Å²) < 4.78 is 0. The van der Waals surface area contributed by atoms with E-state index in [-0.39, 0.29) is 0 Å². The highest BCUT2D eigenvalue weighted by atomic mass is 15.0. The minimum Gasteiger partial charge on any atom is -0.305 e. The summed E-state index contributed by atoms with van der Waals surface area (Å²) in [7, 11) is 4.19. The van der Waals surface area contributed by atoms with E-state index < -0.39 is 0 Å². The average molecular weight is 170 g/mol. The van der Waals surface area contributed by atoms with Crippen molar-refractivity contribution in [3.63, 3.8) is 0 Å². The molecule has 0 heterocycles. The van der Waals surface area contributed by atoms with Gasteiger partial charge in [-0.3, -0.25) is 0 Å². The van der Waals surface area contributed by atoms with Gasteiger partial charge in [-0.25, -0.2) is 0 Å². The quantitative estimate of drug-likeness (QED) is 0.504. The summed E-state index contributed by atoms with van der Waals surface area (Å²) in [6.07, 6.45) is 9.64. The van der Waals surface area contributed by atoms with Crippen LogP contribution in [0.5, 0.6) is 0 Å². The standard InChI is InChI=1S/C11H24N/c1-4-5-6-7-8-9-10-11-12(2)3/h11H,4-10H2,1-3H3. The molecule has 0 bridgehead atoms. The molecule has 73 valence electrons. The van der Waals surface area contributed by atoms with E-state index in [0.717, 1.165) is 0 Å². The van der Waals surface area contributed by atoms with Crippen molar-refractivity contribution in [1.82, 2.24) is 4.90 Å². The molecule has 1 nitrogen and oxygen atoms in total. The van der Waals surface area contributed by atoms with Crippen molar-refractivity contribution in [3.8, 4) is 0 Å². The molecule has 0 aliphatic rings. The third-order valence-electron chi connectivity index (χ3n) is 2.05. The van der Waals surface area contributed by atoms with Gasteiger partial charge in [0.25, 0.3) is 0 Å². The number of hydrogen-bond donors (Lipinski definition) is 0. The molecule has 0 spiro atoms. The van der Waals surface area contributed by atoms with Gasteiger partial charge in [0.05, 0.1) is 0 Å². The highest BCUT2D eigenvalue weighted by molar-refractivity contribution is 4.59. The van der Waals surface area contributed by atoms with E-state index in [1.807, 2.05) is 0 Å². The fourth-order valence-electron chi connectivity index (χ4n) is 1.27. The lowest BCUT2D eigenvalue weighted by Gasteiger charge is -2.07. The predicted molar refractivity (Wildman–Crippen MR) is 56.0 cm³/mol. The van der Waals surface area contributed by atoms with E-state index in [2.05, 4.69) is 32.5 Å². The summed E-state index contributed by atoms with van der Waals surface area (Å²) in [5, 5.41) is 0. The normalized spacial score (nSPS) is 11.0. The summed E-state index contributed by atoms with van der Waals surface area (Å²) >= 11 is 0. The van der Waals surface area contributed by atoms with Gasteiger partial charge >= 0.3 is 0 Å². The highest BCUT2D eigenvalue weighted by Gasteiger charge is 1.92. The second-order valence-corrected chi connectivity index (χ2v) is 3.70. The maximum absolute atomic E-state index is 2.26. The number of unbranched alkanes of at least 4 members (excludes halogenated alkanes) is 6. The van der Waals surface area contributed by atoms with Crippen molar-refractivity contribution in [2.45, 2.75) is 51.9 Å². The Hall–Kier alpha value is -0.0400. The van der Waals surface area contributed by atoms with Crippen LogP contribution in [-0.2, 0) is 0 Å². The van der Waals surface area contributed by atoms with Crippen LogP contribution < -0.4 is 0 Å². The third kappa shape index (κ3) is 9.96. The molecular formula is C11H24N. The summed E-state index contributed by atoms with van der Waals surface area (Å²) in [6, 6.07) is 0. The van der Waals surface area contributed by atoms with Gasteiger partial charge in [-0.2, -0.15) is 0 Å². The SMILES string of the molecule is CCCCCCCC[CH]N(C)C. The Morgan fingerprint density at radius 2 is 1.50 bits per heavy atom. The summed E-state index contributed by atoms with van der Waals surface area (Å²) in [5.74, 6) is 0. The van der Waals surface area contributed by atoms with E-state index in [1.165, 1.54) is 44.9 Å². The fourth-order valence-corrected chi connectivity index (χ4v) is 1.27. The Bertz CT molecular complexity index is 79.1. The molecule has 0 saturated heterocycles. The highest BCUT2D eigenvalue weighted by Crippen LogP contribution is 2.07. The lowest BCUT2D eigenvalue weighted by atomic mass is 10.1. The van der Waals surface area contributed by atoms with Crippen LogP contribution in [-0.4, -0.2) is 19.0 Å². The molecule has 0 rings (SSSR count). The van der Waals surface area contributed by atoms with Crippen LogP contribution in [0.15, 0.2) is 0 Å². The van der Waals surface area contributed by atoms with Gasteiger partial charge in [-0.05, 0) is 20.5 Å². The van der Waals surface area contributed by atoms with Gasteiger partial charge < -0.3 is 4.90 Å². The first kappa shape index (κ1) is 12.0. The molecule has 0 aromatic rings. The first-order valence-corrected chi connectivity index (χ1v) is 5.27. The Balaban J connectivity index is 2.82. The van der Waals surface area contributed by atoms with E-state index in [1.54, 1.807) is 0 Å². The van der Waals surface area contributed by atoms with Crippen molar-refractivity contribution < 1.29 is 0 Å². The molecule has 0 amide bonds. The molecule has 12 heavy (non-hydrogen) atoms. The van der Waals surface area contributed by atoms with E-state index in [4.69, 9.17) is 0 Å². The van der Waals surface area contributed by atoms with E-state index >= 15 is 0 Å². The molecule has 0 fully saturated rings. The van der Waals surface area contributed by atoms with Crippen LogP contribution in [0.25, 0.3) is 0 Å². The lowest BCUT2D eigenvalue weighted by molar-refractivity contribution is 0.462. The summed E-state index contributed by atoms with van der Waals surface area (Å²) in [5.41, 5.74) is 0. The van der Waals surface area contributed by atoms with Crippen LogP contribution in [0, 0.1) is 6.54 Å². The smallest absolute Gasteiger partial charge is 0.0245 e. The topological polar surface area (TPSA) is 3.24 Å². The second-order valence-electron chi connectivity index (χ2n) is 3.70. The molecule has 0 N–H and O–H groups in total. The first-order valence-electron chi connectivity index (χ1n) is 5.27. The van der Waals surface area contributed by atoms with Crippen molar-refractivity contribution in [2.24, 2.45) is 0 Å². The van der Waals surface area contributed by atoms with Crippen LogP contribution >= 0.6 is 0 Å². The van der Waals surface area contributed by atoms with Crippen LogP contribution in [0.1, 0.15) is 51.9 Å². The van der Waals surface area contributed by atoms with Gasteiger partial charge in [-0.15, -0.1) is 0 Å². The minimum absolute atomic E-state index is 1.25. The average Bonchev–Trinajstić information content (AvgIpc) is 2.02. The number of nitrogens with zero attached hydrogens (tertiary/aromatic N) is 1. The Labute approximate surface area is 78.1 Å². The lowest BCUT2D eigenvalue weighted by Crippen LogP contribution is -2.06. The largest absolute Gasteiger partial charge is 0.305 e. The van der Waals surface area contributed by atoms with Gasteiger partial charge in [0, 0.05) is 6.54 Å². The molecule has 0 aromatic heterocycles. The molecule has 0 atom stereocenters. The fraction of sp³-hybridized carbons (Fsp3) is 0.909. The van der Waals surface area contributed by atoms with Gasteiger partial charge in [0.2, 0.25) is 0 Å². The minimum atomic E-state index is 1.25. The van der Waals surface area contributed by atoms with E-state index in [0.29, 0.717) is 0 Å². The molecule has 0 aliphatic carbocycles. The van der Waals surface area contributed by atoms with E-state index in [9.17, 15) is 0 Å². The van der Waals surface area contributed by atoms with Crippen LogP contribution in [0.2, 0.25) is 0 Å². The Kier molecular flexibility index (Phi) is 9.02. The molecule has 0 aromatic carbocycles. The molecule has 0 saturated carbocycles. The zero-order valence-electron chi connectivity index (χ0n) is 8.97. The Morgan fingerprint density at radius 3 is 2.08 bits per heavy atom. The maximum atomic E-state index is 2.26. The van der Waals surface area contributed by atoms with Gasteiger partial charge in [0.15, 0.2) is 0 Å². The number of rotatable bonds is 8. The maximum Gasteiger partial charge on any atom is 0.0245 e. The molecule has 0 aliphatic heterocycles. The second kappa shape index (κ2) is 9.05. The molecule has 1 heteroatoms. The van der Waals surface area contributed by atoms with Crippen molar-refractivity contribution in [2.75, 3.05) is 14.1 Å². The predicted octanol–water partition coefficient (Wildman–Crippen LogP) is 3.46. The monoisotopic (exact) mass is 170 g/mol. The zero-order chi connectivity index (χ0) is 9.23. The number of hydrogen-bond acceptors (Lipinski definition) is 1. The molecule has 0 unspecified atom stereocenters.